The molecule has 1 N–H and O–H groups in total. The molecule has 0 spiro atoms. The fourth-order valence-electron chi connectivity index (χ4n) is 2.19. The molecule has 0 saturated heterocycles. The quantitative estimate of drug-likeness (QED) is 0.839. The number of pyridine rings is 1. The zero-order valence-corrected chi connectivity index (χ0v) is 13.8. The van der Waals surface area contributed by atoms with Crippen molar-refractivity contribution < 1.29 is 0 Å². The number of likely N-dealkylation sites (N-methyl/N-ethyl adjacent to an activating group) is 1. The van der Waals surface area contributed by atoms with E-state index in [1.165, 1.54) is 11.1 Å². The zero-order valence-electron chi connectivity index (χ0n) is 11.4. The molecule has 4 heteroatoms. The van der Waals surface area contributed by atoms with Gasteiger partial charge in [-0.3, -0.25) is 4.98 Å². The average molecular weight is 354 g/mol. The molecule has 0 fully saturated rings. The first kappa shape index (κ1) is 15.5. The molecule has 2 aromatic rings. The van der Waals surface area contributed by atoms with E-state index >= 15 is 0 Å². The highest BCUT2D eigenvalue weighted by molar-refractivity contribution is 9.10. The first-order valence-electron chi connectivity index (χ1n) is 6.69. The van der Waals surface area contributed by atoms with Gasteiger partial charge >= 0.3 is 0 Å². The topological polar surface area (TPSA) is 24.9 Å². The highest BCUT2D eigenvalue weighted by Crippen LogP contribution is 2.23. The van der Waals surface area contributed by atoms with E-state index in [2.05, 4.69) is 44.4 Å². The van der Waals surface area contributed by atoms with Crippen molar-refractivity contribution in [2.45, 2.75) is 25.3 Å². The lowest BCUT2D eigenvalue weighted by Gasteiger charge is -2.17. The predicted molar refractivity (Wildman–Crippen MR) is 88.3 cm³/mol. The normalized spacial score (nSPS) is 12.3. The molecule has 0 bridgehead atoms. The summed E-state index contributed by atoms with van der Waals surface area (Å²) in [4.78, 5) is 4.04. The summed E-state index contributed by atoms with van der Waals surface area (Å²) < 4.78 is 1.02. The Bertz CT molecular complexity index is 545. The highest BCUT2D eigenvalue weighted by Gasteiger charge is 2.10. The van der Waals surface area contributed by atoms with Crippen LogP contribution in [-0.4, -0.2) is 18.1 Å². The molecule has 2 rings (SSSR count). The van der Waals surface area contributed by atoms with Crippen LogP contribution in [0, 0.1) is 0 Å². The van der Waals surface area contributed by atoms with Gasteiger partial charge < -0.3 is 5.32 Å². The third kappa shape index (κ3) is 4.58. The van der Waals surface area contributed by atoms with Gasteiger partial charge in [0.15, 0.2) is 0 Å². The lowest BCUT2D eigenvalue weighted by molar-refractivity contribution is 0.520. The monoisotopic (exact) mass is 352 g/mol. The maximum Gasteiger partial charge on any atom is 0.0449 e. The van der Waals surface area contributed by atoms with E-state index < -0.39 is 0 Å². The number of aryl methyl sites for hydroxylation is 1. The summed E-state index contributed by atoms with van der Waals surface area (Å²) in [6.45, 7) is 0. The maximum absolute atomic E-state index is 6.28. The Hall–Kier alpha value is -0.900. The van der Waals surface area contributed by atoms with Crippen molar-refractivity contribution >= 4 is 27.5 Å². The second-order valence-corrected chi connectivity index (χ2v) is 6.14. The summed E-state index contributed by atoms with van der Waals surface area (Å²) in [5, 5.41) is 4.20. The van der Waals surface area contributed by atoms with E-state index in [1.54, 1.807) is 0 Å². The molecule has 2 nitrogen and oxygen atoms in total. The molecule has 0 amide bonds. The zero-order chi connectivity index (χ0) is 14.4. The summed E-state index contributed by atoms with van der Waals surface area (Å²) in [7, 11) is 2.00. The number of hydrogen-bond acceptors (Lipinski definition) is 2. The van der Waals surface area contributed by atoms with E-state index in [4.69, 9.17) is 11.6 Å². The number of rotatable bonds is 6. The van der Waals surface area contributed by atoms with Gasteiger partial charge in [-0.2, -0.15) is 0 Å². The lowest BCUT2D eigenvalue weighted by atomic mass is 9.99. The fraction of sp³-hybridized carbons (Fsp3) is 0.312. The SMILES string of the molecule is CNC(CCc1ccncc1)Cc1ccc(Br)cc1Cl. The largest absolute Gasteiger partial charge is 0.317 e. The van der Waals surface area contributed by atoms with Crippen molar-refractivity contribution in [3.8, 4) is 0 Å². The van der Waals surface area contributed by atoms with Crippen LogP contribution in [0.1, 0.15) is 17.5 Å². The minimum Gasteiger partial charge on any atom is -0.317 e. The van der Waals surface area contributed by atoms with Crippen LogP contribution >= 0.6 is 27.5 Å². The number of aromatic nitrogens is 1. The van der Waals surface area contributed by atoms with Crippen LogP contribution in [0.25, 0.3) is 0 Å². The second-order valence-electron chi connectivity index (χ2n) is 4.82. The molecule has 106 valence electrons. The average Bonchev–Trinajstić information content (AvgIpc) is 2.46. The van der Waals surface area contributed by atoms with Crippen LogP contribution in [0.15, 0.2) is 47.2 Å². The molecule has 1 aromatic heterocycles. The molecule has 1 unspecified atom stereocenters. The Balaban J connectivity index is 1.95. The summed E-state index contributed by atoms with van der Waals surface area (Å²) >= 11 is 9.72. The van der Waals surface area contributed by atoms with Gasteiger partial charge in [0, 0.05) is 27.9 Å². The fourth-order valence-corrected chi connectivity index (χ4v) is 2.94. The Morgan fingerprint density at radius 2 is 2.00 bits per heavy atom. The van der Waals surface area contributed by atoms with Crippen LogP contribution in [0.3, 0.4) is 0 Å². The number of halogens is 2. The molecule has 0 aliphatic rings. The smallest absolute Gasteiger partial charge is 0.0449 e. The van der Waals surface area contributed by atoms with E-state index in [0.717, 1.165) is 28.8 Å². The molecular formula is C16H18BrClN2. The van der Waals surface area contributed by atoms with Crippen LogP contribution in [0.4, 0.5) is 0 Å². The van der Waals surface area contributed by atoms with Gasteiger partial charge in [0.25, 0.3) is 0 Å². The number of nitrogens with one attached hydrogen (secondary N) is 1. The number of hydrogen-bond donors (Lipinski definition) is 1. The molecule has 1 atom stereocenters. The van der Waals surface area contributed by atoms with Crippen LogP contribution in [-0.2, 0) is 12.8 Å². The Kier molecular flexibility index (Phi) is 6.02. The van der Waals surface area contributed by atoms with Crippen LogP contribution in [0.2, 0.25) is 5.02 Å². The lowest BCUT2D eigenvalue weighted by Crippen LogP contribution is -2.28. The third-order valence-electron chi connectivity index (χ3n) is 3.42. The van der Waals surface area contributed by atoms with Gasteiger partial charge in [0.2, 0.25) is 0 Å². The minimum absolute atomic E-state index is 0.418. The van der Waals surface area contributed by atoms with Gasteiger partial charge in [-0.05, 0) is 61.7 Å². The van der Waals surface area contributed by atoms with Crippen molar-refractivity contribution in [2.24, 2.45) is 0 Å². The van der Waals surface area contributed by atoms with Crippen molar-refractivity contribution in [3.05, 3.63) is 63.3 Å². The molecule has 1 aromatic carbocycles. The summed E-state index contributed by atoms with van der Waals surface area (Å²) in [6.07, 6.45) is 6.74. The van der Waals surface area contributed by atoms with E-state index in [-0.39, 0.29) is 0 Å². The molecule has 20 heavy (non-hydrogen) atoms. The van der Waals surface area contributed by atoms with Crippen LogP contribution < -0.4 is 5.32 Å². The molecule has 0 aliphatic carbocycles. The first-order chi connectivity index (χ1) is 9.69. The number of nitrogens with zero attached hydrogens (tertiary/aromatic N) is 1. The highest BCUT2D eigenvalue weighted by atomic mass is 79.9. The summed E-state index contributed by atoms with van der Waals surface area (Å²) in [5.41, 5.74) is 2.51. The minimum atomic E-state index is 0.418. The molecule has 1 heterocycles. The van der Waals surface area contributed by atoms with Crippen molar-refractivity contribution in [1.29, 1.82) is 0 Å². The van der Waals surface area contributed by atoms with Crippen molar-refractivity contribution in [1.82, 2.24) is 10.3 Å². The predicted octanol–water partition coefficient (Wildman–Crippen LogP) is 4.26. The van der Waals surface area contributed by atoms with E-state index in [0.29, 0.717) is 6.04 Å². The van der Waals surface area contributed by atoms with E-state index in [9.17, 15) is 0 Å². The summed E-state index contributed by atoms with van der Waals surface area (Å²) in [5.74, 6) is 0. The van der Waals surface area contributed by atoms with Gasteiger partial charge in [0.1, 0.15) is 0 Å². The van der Waals surface area contributed by atoms with Gasteiger partial charge in [-0.25, -0.2) is 0 Å². The Labute approximate surface area is 133 Å². The van der Waals surface area contributed by atoms with Gasteiger partial charge in [0.05, 0.1) is 0 Å². The van der Waals surface area contributed by atoms with Gasteiger partial charge in [-0.15, -0.1) is 0 Å². The second kappa shape index (κ2) is 7.77. The Morgan fingerprint density at radius 3 is 2.65 bits per heavy atom. The van der Waals surface area contributed by atoms with Crippen molar-refractivity contribution in [3.63, 3.8) is 0 Å². The molecule has 0 aliphatic heterocycles. The molecular weight excluding hydrogens is 336 g/mol. The standard InChI is InChI=1S/C16H18BrClN2/c1-19-15(5-2-12-6-8-20-9-7-12)10-13-3-4-14(17)11-16(13)18/h3-4,6-9,11,15,19H,2,5,10H2,1H3. The number of benzene rings is 1. The summed E-state index contributed by atoms with van der Waals surface area (Å²) in [6, 6.07) is 10.6. The van der Waals surface area contributed by atoms with Crippen LogP contribution in [0.5, 0.6) is 0 Å². The van der Waals surface area contributed by atoms with Gasteiger partial charge in [-0.1, -0.05) is 33.6 Å². The molecule has 0 radical (unpaired) electrons. The first-order valence-corrected chi connectivity index (χ1v) is 7.86. The molecule has 0 saturated carbocycles. The maximum atomic E-state index is 6.28. The van der Waals surface area contributed by atoms with E-state index in [1.807, 2.05) is 31.6 Å². The van der Waals surface area contributed by atoms with Crippen molar-refractivity contribution in [2.75, 3.05) is 7.05 Å². The Morgan fingerprint density at radius 1 is 1.25 bits per heavy atom. The third-order valence-corrected chi connectivity index (χ3v) is 4.27.